The molecule has 20 heavy (non-hydrogen) atoms. The van der Waals surface area contributed by atoms with Crippen LogP contribution >= 0.6 is 0 Å². The Balaban J connectivity index is 2.02. The van der Waals surface area contributed by atoms with E-state index >= 15 is 0 Å². The summed E-state index contributed by atoms with van der Waals surface area (Å²) in [4.78, 5) is 11.8. The van der Waals surface area contributed by atoms with Gasteiger partial charge in [0.25, 0.3) is 0 Å². The third-order valence-corrected chi connectivity index (χ3v) is 2.52. The highest BCUT2D eigenvalue weighted by molar-refractivity contribution is 6.06. The molecule has 0 bridgehead atoms. The van der Waals surface area contributed by atoms with Crippen molar-refractivity contribution in [2.45, 2.75) is 6.61 Å². The number of nitrogens with zero attached hydrogens (tertiary/aromatic N) is 2. The first-order valence-corrected chi connectivity index (χ1v) is 5.80. The highest BCUT2D eigenvalue weighted by atomic mass is 19.3. The van der Waals surface area contributed by atoms with Crippen molar-refractivity contribution in [3.63, 3.8) is 0 Å². The van der Waals surface area contributed by atoms with Gasteiger partial charge in [-0.1, -0.05) is 18.2 Å². The highest BCUT2D eigenvalue weighted by Gasteiger charge is 2.04. The van der Waals surface area contributed by atoms with E-state index in [9.17, 15) is 13.6 Å². The van der Waals surface area contributed by atoms with Crippen LogP contribution in [0.4, 0.5) is 8.78 Å². The van der Waals surface area contributed by atoms with E-state index in [1.165, 1.54) is 29.1 Å². The lowest BCUT2D eigenvalue weighted by atomic mass is 10.1. The maximum atomic E-state index is 12.0. The molecular formula is C14H12F2N2O2. The smallest absolute Gasteiger partial charge is 0.387 e. The van der Waals surface area contributed by atoms with Crippen LogP contribution in [0.5, 0.6) is 5.75 Å². The number of allylic oxidation sites excluding steroid dienone is 1. The highest BCUT2D eigenvalue weighted by Crippen LogP contribution is 2.15. The van der Waals surface area contributed by atoms with Gasteiger partial charge < -0.3 is 4.74 Å². The number of hydrogen-bond donors (Lipinski definition) is 0. The summed E-state index contributed by atoms with van der Waals surface area (Å²) in [7, 11) is 1.72. The van der Waals surface area contributed by atoms with Crippen molar-refractivity contribution in [2.75, 3.05) is 0 Å². The molecule has 0 saturated heterocycles. The van der Waals surface area contributed by atoms with Crippen LogP contribution in [-0.2, 0) is 7.05 Å². The Bertz CT molecular complexity index is 618. The van der Waals surface area contributed by atoms with E-state index in [2.05, 4.69) is 9.84 Å². The quantitative estimate of drug-likeness (QED) is 0.624. The van der Waals surface area contributed by atoms with Crippen molar-refractivity contribution in [1.29, 1.82) is 0 Å². The van der Waals surface area contributed by atoms with Crippen LogP contribution in [0.25, 0.3) is 6.08 Å². The number of ether oxygens (including phenoxy) is 1. The molecule has 1 aromatic heterocycles. The van der Waals surface area contributed by atoms with Gasteiger partial charge in [0.15, 0.2) is 5.78 Å². The summed E-state index contributed by atoms with van der Waals surface area (Å²) in [5, 5.41) is 3.91. The number of rotatable bonds is 5. The van der Waals surface area contributed by atoms with E-state index in [4.69, 9.17) is 0 Å². The molecule has 0 N–H and O–H groups in total. The number of aromatic nitrogens is 2. The number of ketones is 1. The third-order valence-electron chi connectivity index (χ3n) is 2.52. The molecule has 6 heteroatoms. The van der Waals surface area contributed by atoms with Gasteiger partial charge in [0.1, 0.15) is 5.75 Å². The number of benzene rings is 1. The largest absolute Gasteiger partial charge is 0.435 e. The zero-order valence-corrected chi connectivity index (χ0v) is 10.7. The average molecular weight is 278 g/mol. The lowest BCUT2D eigenvalue weighted by Crippen LogP contribution is -2.01. The van der Waals surface area contributed by atoms with Gasteiger partial charge >= 0.3 is 6.61 Å². The van der Waals surface area contributed by atoms with Crippen LogP contribution in [0.3, 0.4) is 0 Å². The minimum absolute atomic E-state index is 0.0794. The van der Waals surface area contributed by atoms with E-state index in [0.717, 1.165) is 0 Å². The molecule has 0 unspecified atom stereocenters. The van der Waals surface area contributed by atoms with E-state index in [0.29, 0.717) is 11.1 Å². The zero-order chi connectivity index (χ0) is 14.5. The van der Waals surface area contributed by atoms with Gasteiger partial charge in [-0.05, 0) is 23.8 Å². The number of halogens is 2. The molecule has 0 atom stereocenters. The summed E-state index contributed by atoms with van der Waals surface area (Å²) in [5.74, 6) is -0.0956. The zero-order valence-electron chi connectivity index (χ0n) is 10.7. The van der Waals surface area contributed by atoms with Crippen molar-refractivity contribution < 1.29 is 18.3 Å². The molecule has 0 aliphatic rings. The van der Waals surface area contributed by atoms with Crippen LogP contribution in [0, 0.1) is 0 Å². The molecule has 0 spiro atoms. The van der Waals surface area contributed by atoms with Gasteiger partial charge in [-0.25, -0.2) is 0 Å². The SMILES string of the molecule is Cn1cc(C(=O)C=Cc2ccc(OC(F)F)cc2)cn1. The number of alkyl halides is 2. The number of carbonyl (C=O) groups excluding carboxylic acids is 1. The Kier molecular flexibility index (Phi) is 4.24. The van der Waals surface area contributed by atoms with Crippen LogP contribution in [-0.4, -0.2) is 22.2 Å². The lowest BCUT2D eigenvalue weighted by molar-refractivity contribution is -0.0498. The van der Waals surface area contributed by atoms with Crippen molar-refractivity contribution in [2.24, 2.45) is 7.05 Å². The maximum absolute atomic E-state index is 12.0. The van der Waals surface area contributed by atoms with E-state index in [1.54, 1.807) is 31.5 Å². The minimum atomic E-state index is -2.84. The second-order valence-corrected chi connectivity index (χ2v) is 4.05. The van der Waals surface area contributed by atoms with Crippen molar-refractivity contribution in [1.82, 2.24) is 9.78 Å². The first-order valence-electron chi connectivity index (χ1n) is 5.80. The van der Waals surface area contributed by atoms with Crippen LogP contribution < -0.4 is 4.74 Å². The van der Waals surface area contributed by atoms with E-state index in [1.807, 2.05) is 0 Å². The number of hydrogen-bond acceptors (Lipinski definition) is 3. The monoisotopic (exact) mass is 278 g/mol. The molecule has 0 fully saturated rings. The molecular weight excluding hydrogens is 266 g/mol. The average Bonchev–Trinajstić information content (AvgIpc) is 2.84. The van der Waals surface area contributed by atoms with Gasteiger partial charge in [0.2, 0.25) is 0 Å². The van der Waals surface area contributed by atoms with Gasteiger partial charge in [-0.2, -0.15) is 13.9 Å². The summed E-state index contributed by atoms with van der Waals surface area (Å²) in [6.45, 7) is -2.84. The fraction of sp³-hybridized carbons (Fsp3) is 0.143. The van der Waals surface area contributed by atoms with Crippen LogP contribution in [0.15, 0.2) is 42.7 Å². The summed E-state index contributed by atoms with van der Waals surface area (Å²) in [6, 6.07) is 6.01. The fourth-order valence-corrected chi connectivity index (χ4v) is 1.58. The molecule has 2 aromatic rings. The molecule has 0 radical (unpaired) electrons. The summed E-state index contributed by atoms with van der Waals surface area (Å²) >= 11 is 0. The summed E-state index contributed by atoms with van der Waals surface area (Å²) < 4.78 is 29.7. The van der Waals surface area contributed by atoms with Gasteiger partial charge in [-0.15, -0.1) is 0 Å². The molecule has 1 aromatic carbocycles. The first-order chi connectivity index (χ1) is 9.54. The topological polar surface area (TPSA) is 44.1 Å². The Hall–Kier alpha value is -2.50. The van der Waals surface area contributed by atoms with Crippen molar-refractivity contribution in [3.8, 4) is 5.75 Å². The summed E-state index contributed by atoms with van der Waals surface area (Å²) in [6.07, 6.45) is 6.10. The molecule has 0 aliphatic carbocycles. The normalized spacial score (nSPS) is 11.2. The second-order valence-electron chi connectivity index (χ2n) is 4.05. The Labute approximate surface area is 114 Å². The lowest BCUT2D eigenvalue weighted by Gasteiger charge is -2.03. The van der Waals surface area contributed by atoms with E-state index in [-0.39, 0.29) is 11.5 Å². The number of carbonyl (C=O) groups is 1. The second kappa shape index (κ2) is 6.10. The van der Waals surface area contributed by atoms with Crippen molar-refractivity contribution in [3.05, 3.63) is 53.9 Å². The molecule has 0 saturated carbocycles. The predicted molar refractivity (Wildman–Crippen MR) is 69.6 cm³/mol. The maximum Gasteiger partial charge on any atom is 0.387 e. The molecule has 0 amide bonds. The summed E-state index contributed by atoms with van der Waals surface area (Å²) in [5.41, 5.74) is 1.20. The predicted octanol–water partition coefficient (Wildman–Crippen LogP) is 2.92. The van der Waals surface area contributed by atoms with Crippen LogP contribution in [0.2, 0.25) is 0 Å². The van der Waals surface area contributed by atoms with Crippen molar-refractivity contribution >= 4 is 11.9 Å². The Morgan fingerprint density at radius 1 is 1.35 bits per heavy atom. The molecule has 2 rings (SSSR count). The van der Waals surface area contributed by atoms with E-state index < -0.39 is 6.61 Å². The number of aryl methyl sites for hydroxylation is 1. The molecule has 1 heterocycles. The molecule has 0 aliphatic heterocycles. The van der Waals surface area contributed by atoms with Gasteiger partial charge in [-0.3, -0.25) is 9.48 Å². The van der Waals surface area contributed by atoms with Gasteiger partial charge in [0.05, 0.1) is 11.8 Å². The first kappa shape index (κ1) is 13.9. The standard InChI is InChI=1S/C14H12F2N2O2/c1-18-9-11(8-17-18)13(19)7-4-10-2-5-12(6-3-10)20-14(15)16/h2-9,14H,1H3. The fourth-order valence-electron chi connectivity index (χ4n) is 1.58. The Morgan fingerprint density at radius 3 is 2.60 bits per heavy atom. The molecule has 4 nitrogen and oxygen atoms in total. The van der Waals surface area contributed by atoms with Gasteiger partial charge in [0, 0.05) is 13.2 Å². The third kappa shape index (κ3) is 3.74. The molecule has 104 valence electrons. The Morgan fingerprint density at radius 2 is 2.05 bits per heavy atom. The van der Waals surface area contributed by atoms with Crippen LogP contribution in [0.1, 0.15) is 15.9 Å². The minimum Gasteiger partial charge on any atom is -0.435 e.